The lowest BCUT2D eigenvalue weighted by Crippen LogP contribution is -2.19. The molecule has 0 saturated heterocycles. The van der Waals surface area contributed by atoms with Crippen molar-refractivity contribution in [2.24, 2.45) is 5.84 Å². The van der Waals surface area contributed by atoms with Gasteiger partial charge in [-0.3, -0.25) is 0 Å². The second-order valence-corrected chi connectivity index (χ2v) is 0.209. The SMILES string of the molecule is NNOO.O. The first kappa shape index (κ1) is 8.84. The van der Waals surface area contributed by atoms with Crippen LogP contribution in [0.4, 0.5) is 0 Å². The van der Waals surface area contributed by atoms with E-state index in [1.165, 1.54) is 5.59 Å². The van der Waals surface area contributed by atoms with Crippen molar-refractivity contribution in [2.75, 3.05) is 0 Å². The zero-order chi connectivity index (χ0) is 3.41. The van der Waals surface area contributed by atoms with Crippen LogP contribution in [0.15, 0.2) is 0 Å². The van der Waals surface area contributed by atoms with Crippen LogP contribution in [-0.2, 0) is 4.99 Å². The summed E-state index contributed by atoms with van der Waals surface area (Å²) in [5.74, 6) is 4.31. The fourth-order valence-electron chi connectivity index (χ4n) is 0. The highest BCUT2D eigenvalue weighted by atomic mass is 17.2. The molecule has 0 aliphatic heterocycles. The van der Waals surface area contributed by atoms with Gasteiger partial charge in [-0.05, 0) is 0 Å². The van der Waals surface area contributed by atoms with Crippen molar-refractivity contribution in [3.63, 3.8) is 0 Å². The molecule has 0 aliphatic rings. The standard InChI is InChI=1S/H4N2O2.H2O/c1-2-4-3;/h2-3H,1H2;1H2. The molecule has 0 aromatic carbocycles. The van der Waals surface area contributed by atoms with E-state index in [0.29, 0.717) is 0 Å². The maximum atomic E-state index is 7.14. The first-order valence-corrected chi connectivity index (χ1v) is 0.675. The van der Waals surface area contributed by atoms with E-state index in [4.69, 9.17) is 5.26 Å². The first-order valence-electron chi connectivity index (χ1n) is 0.675. The molecule has 0 aliphatic carbocycles. The van der Waals surface area contributed by atoms with Crippen LogP contribution in [0.5, 0.6) is 0 Å². The second kappa shape index (κ2) is 9.20. The summed E-state index contributed by atoms with van der Waals surface area (Å²) < 4.78 is 0. The van der Waals surface area contributed by atoms with Gasteiger partial charge in [0, 0.05) is 0 Å². The maximum absolute atomic E-state index is 7.14. The van der Waals surface area contributed by atoms with Crippen molar-refractivity contribution in [3.8, 4) is 0 Å². The van der Waals surface area contributed by atoms with Crippen LogP contribution in [0.3, 0.4) is 0 Å². The Labute approximate surface area is 28.5 Å². The predicted molar refractivity (Wildman–Crippen MR) is 14.7 cm³/mol. The van der Waals surface area contributed by atoms with E-state index in [1.54, 1.807) is 0 Å². The number of hydrogen-bond acceptors (Lipinski definition) is 4. The largest absolute Gasteiger partial charge is 0.412 e. The Morgan fingerprint density at radius 3 is 2.00 bits per heavy atom. The van der Waals surface area contributed by atoms with Crippen molar-refractivity contribution < 1.29 is 15.7 Å². The molecule has 34 valence electrons. The molecular weight excluding hydrogens is 76.0 g/mol. The monoisotopic (exact) mass is 82.0 g/mol. The number of hydrogen-bond donors (Lipinski definition) is 3. The molecule has 0 radical (unpaired) electrons. The smallest absolute Gasteiger partial charge is 0.107 e. The summed E-state index contributed by atoms with van der Waals surface area (Å²) in [7, 11) is 0. The summed E-state index contributed by atoms with van der Waals surface area (Å²) in [6.45, 7) is 0. The molecule has 6 N–H and O–H groups in total. The number of rotatable bonds is 1. The third-order valence-electron chi connectivity index (χ3n) is 0.0527. The van der Waals surface area contributed by atoms with Gasteiger partial charge in [-0.25, -0.2) is 11.1 Å². The van der Waals surface area contributed by atoms with Crippen LogP contribution in [0.2, 0.25) is 0 Å². The van der Waals surface area contributed by atoms with Crippen molar-refractivity contribution in [3.05, 3.63) is 0 Å². The summed E-state index contributed by atoms with van der Waals surface area (Å²) in [4.78, 5) is 3.07. The lowest BCUT2D eigenvalue weighted by Gasteiger charge is -1.77. The average molecular weight is 82.1 g/mol. The van der Waals surface area contributed by atoms with E-state index >= 15 is 0 Å². The Kier molecular flexibility index (Phi) is 16.3. The fourth-order valence-corrected chi connectivity index (χ4v) is 0. The lowest BCUT2D eigenvalue weighted by molar-refractivity contribution is -0.292. The van der Waals surface area contributed by atoms with Crippen LogP contribution in [0.25, 0.3) is 0 Å². The molecule has 0 rings (SSSR count). The van der Waals surface area contributed by atoms with Crippen LogP contribution < -0.4 is 11.4 Å². The zero-order valence-electron chi connectivity index (χ0n) is 2.43. The van der Waals surface area contributed by atoms with Gasteiger partial charge in [-0.1, -0.05) is 0 Å². The van der Waals surface area contributed by atoms with Gasteiger partial charge in [0.15, 0.2) is 0 Å². The van der Waals surface area contributed by atoms with Crippen molar-refractivity contribution >= 4 is 0 Å². The van der Waals surface area contributed by atoms with E-state index in [2.05, 4.69) is 10.8 Å². The predicted octanol–water partition coefficient (Wildman–Crippen LogP) is -1.97. The van der Waals surface area contributed by atoms with Gasteiger partial charge in [-0.15, -0.1) is 10.6 Å². The Morgan fingerprint density at radius 2 is 2.00 bits per heavy atom. The van der Waals surface area contributed by atoms with Crippen molar-refractivity contribution in [1.29, 1.82) is 0 Å². The summed E-state index contributed by atoms with van der Waals surface area (Å²) in [6.07, 6.45) is 0. The first-order chi connectivity index (χ1) is 1.91. The lowest BCUT2D eigenvalue weighted by atomic mass is 12.8. The molecule has 0 saturated carbocycles. The Balaban J connectivity index is 0. The third-order valence-corrected chi connectivity index (χ3v) is 0.0527. The van der Waals surface area contributed by atoms with Gasteiger partial charge < -0.3 is 5.48 Å². The van der Waals surface area contributed by atoms with Gasteiger partial charge in [0.2, 0.25) is 0 Å². The van der Waals surface area contributed by atoms with E-state index in [9.17, 15) is 0 Å². The highest BCUT2D eigenvalue weighted by molar-refractivity contribution is 3.49. The van der Waals surface area contributed by atoms with E-state index < -0.39 is 0 Å². The molecule has 5 heteroatoms. The Morgan fingerprint density at radius 1 is 1.80 bits per heavy atom. The molecule has 0 spiro atoms. The molecule has 5 nitrogen and oxygen atoms in total. The minimum atomic E-state index is 0. The minimum Gasteiger partial charge on any atom is -0.412 e. The molecule has 0 heterocycles. The highest BCUT2D eigenvalue weighted by Crippen LogP contribution is 1.25. The molecule has 5 heavy (non-hydrogen) atoms. The summed E-state index contributed by atoms with van der Waals surface area (Å²) in [6, 6.07) is 0. The highest BCUT2D eigenvalue weighted by Gasteiger charge is 1.47. The number of nitrogens with one attached hydrogen (secondary N) is 1. The average Bonchev–Trinajstić information content (AvgIpc) is 1.37. The van der Waals surface area contributed by atoms with Crippen LogP contribution in [0.1, 0.15) is 0 Å². The molecule has 0 atom stereocenters. The topological polar surface area (TPSA) is 99.0 Å². The van der Waals surface area contributed by atoms with Crippen LogP contribution in [0, 0.1) is 0 Å². The van der Waals surface area contributed by atoms with Crippen LogP contribution >= 0.6 is 0 Å². The van der Waals surface area contributed by atoms with Crippen LogP contribution in [-0.4, -0.2) is 10.7 Å². The van der Waals surface area contributed by atoms with Gasteiger partial charge in [0.05, 0.1) is 0 Å². The summed E-state index contributed by atoms with van der Waals surface area (Å²) in [5.41, 5.74) is 1.49. The normalized spacial score (nSPS) is 6.00. The van der Waals surface area contributed by atoms with Gasteiger partial charge in [0.25, 0.3) is 0 Å². The van der Waals surface area contributed by atoms with E-state index in [0.717, 1.165) is 0 Å². The molecule has 0 amide bonds. The fraction of sp³-hybridized carbons (Fsp3) is 0. The minimum absolute atomic E-state index is 0. The maximum Gasteiger partial charge on any atom is -0.107 e. The van der Waals surface area contributed by atoms with Crippen molar-refractivity contribution in [1.82, 2.24) is 5.59 Å². The van der Waals surface area contributed by atoms with E-state index in [-0.39, 0.29) is 5.48 Å². The molecule has 0 bridgehead atoms. The third kappa shape index (κ3) is 19.2. The molecule has 0 fully saturated rings. The van der Waals surface area contributed by atoms with E-state index in [1.807, 2.05) is 0 Å². The quantitative estimate of drug-likeness (QED) is 0.194. The molecular formula is H6N2O3. The van der Waals surface area contributed by atoms with Gasteiger partial charge in [-0.2, -0.15) is 0 Å². The molecule has 0 unspecified atom stereocenters. The molecule has 0 aromatic heterocycles. The van der Waals surface area contributed by atoms with Crippen molar-refractivity contribution in [2.45, 2.75) is 0 Å². The molecule has 0 aromatic rings. The van der Waals surface area contributed by atoms with Gasteiger partial charge >= 0.3 is 0 Å². The zero-order valence-corrected chi connectivity index (χ0v) is 2.43. The Bertz CT molecular complexity index is 6.85. The summed E-state index contributed by atoms with van der Waals surface area (Å²) >= 11 is 0. The van der Waals surface area contributed by atoms with Gasteiger partial charge in [0.1, 0.15) is 0 Å². The number of nitrogens with two attached hydrogens (primary N) is 1. The number of hydrazine groups is 1. The Hall–Kier alpha value is -0.200. The summed E-state index contributed by atoms with van der Waals surface area (Å²) in [5, 5.41) is 7.14. The second-order valence-electron chi connectivity index (χ2n) is 0.209.